The highest BCUT2D eigenvalue weighted by atomic mass is 16.4. The van der Waals surface area contributed by atoms with Crippen molar-refractivity contribution >= 4 is 11.9 Å². The van der Waals surface area contributed by atoms with Crippen LogP contribution in [-0.2, 0) is 9.59 Å². The molecule has 1 aliphatic rings. The van der Waals surface area contributed by atoms with Crippen LogP contribution in [-0.4, -0.2) is 45.4 Å². The van der Waals surface area contributed by atoms with Crippen molar-refractivity contribution in [2.45, 2.75) is 24.4 Å². The largest absolute Gasteiger partial charge is 0.479 e. The van der Waals surface area contributed by atoms with Crippen LogP contribution < -0.4 is 5.32 Å². The number of nitrogens with one attached hydrogen (secondary N) is 1. The molecular formula is C7H11NO5. The Morgan fingerprint density at radius 2 is 1.92 bits per heavy atom. The number of aliphatic carboxylic acids is 2. The van der Waals surface area contributed by atoms with Crippen molar-refractivity contribution in [1.29, 1.82) is 0 Å². The fraction of sp³-hybridized carbons (Fsp3) is 0.714. The van der Waals surface area contributed by atoms with E-state index in [-0.39, 0.29) is 13.0 Å². The molecule has 0 unspecified atom stereocenters. The van der Waals surface area contributed by atoms with Gasteiger partial charge < -0.3 is 15.3 Å². The second-order valence-electron chi connectivity index (χ2n) is 3.08. The number of carboxylic acids is 2. The number of aliphatic hydroxyl groups is 1. The summed E-state index contributed by atoms with van der Waals surface area (Å²) in [5.74, 6) is -2.81. The molecular weight excluding hydrogens is 178 g/mol. The van der Waals surface area contributed by atoms with Crippen LogP contribution in [0.5, 0.6) is 0 Å². The molecule has 1 rings (SSSR count). The molecule has 1 saturated heterocycles. The van der Waals surface area contributed by atoms with Gasteiger partial charge in [0.15, 0.2) is 0 Å². The smallest absolute Gasteiger partial charge is 0.335 e. The molecule has 6 nitrogen and oxygen atoms in total. The number of hydrogen-bond acceptors (Lipinski definition) is 4. The lowest BCUT2D eigenvalue weighted by Gasteiger charge is -2.19. The normalized spacial score (nSPS) is 25.8. The van der Waals surface area contributed by atoms with Crippen molar-refractivity contribution in [1.82, 2.24) is 5.32 Å². The second-order valence-corrected chi connectivity index (χ2v) is 3.08. The van der Waals surface area contributed by atoms with Crippen molar-refractivity contribution in [2.24, 2.45) is 0 Å². The van der Waals surface area contributed by atoms with Gasteiger partial charge in [0.1, 0.15) is 0 Å². The highest BCUT2D eigenvalue weighted by Gasteiger charge is 2.51. The number of carboxylic acid groups (broad SMARTS) is 2. The van der Waals surface area contributed by atoms with E-state index in [0.29, 0.717) is 6.42 Å². The fourth-order valence-corrected chi connectivity index (χ4v) is 1.45. The highest BCUT2D eigenvalue weighted by Crippen LogP contribution is 2.23. The lowest BCUT2D eigenvalue weighted by molar-refractivity contribution is -0.158. The minimum atomic E-state index is -1.91. The number of hydrogen-bond donors (Lipinski definition) is 4. The molecule has 0 spiro atoms. The molecule has 1 heterocycles. The molecule has 0 aliphatic carbocycles. The van der Waals surface area contributed by atoms with E-state index in [0.717, 1.165) is 0 Å². The van der Waals surface area contributed by atoms with Gasteiger partial charge in [-0.05, 0) is 12.8 Å². The molecule has 0 aromatic carbocycles. The van der Waals surface area contributed by atoms with Crippen LogP contribution in [0.2, 0.25) is 0 Å². The van der Waals surface area contributed by atoms with Gasteiger partial charge in [-0.1, -0.05) is 0 Å². The zero-order chi connectivity index (χ0) is 10.1. The molecule has 1 atom stereocenters. The molecule has 0 bridgehead atoms. The van der Waals surface area contributed by atoms with E-state index in [1.165, 1.54) is 0 Å². The SMILES string of the molecule is O=C(O)C1(C(=O)O)CC[C@@H](CO)N1. The van der Waals surface area contributed by atoms with Crippen LogP contribution in [0, 0.1) is 0 Å². The summed E-state index contributed by atoms with van der Waals surface area (Å²) in [5, 5.41) is 28.6. The summed E-state index contributed by atoms with van der Waals surface area (Å²) in [6, 6.07) is -0.438. The molecule has 6 heteroatoms. The number of aliphatic hydroxyl groups excluding tert-OH is 1. The van der Waals surface area contributed by atoms with Crippen LogP contribution in [0.1, 0.15) is 12.8 Å². The molecule has 1 aliphatic heterocycles. The van der Waals surface area contributed by atoms with Gasteiger partial charge in [0.05, 0.1) is 6.61 Å². The zero-order valence-electron chi connectivity index (χ0n) is 6.86. The summed E-state index contributed by atoms with van der Waals surface area (Å²) >= 11 is 0. The summed E-state index contributed by atoms with van der Waals surface area (Å²) in [4.78, 5) is 21.4. The fourth-order valence-electron chi connectivity index (χ4n) is 1.45. The predicted octanol–water partition coefficient (Wildman–Crippen LogP) is -1.36. The summed E-state index contributed by atoms with van der Waals surface area (Å²) < 4.78 is 0. The third-order valence-corrected chi connectivity index (χ3v) is 2.27. The molecule has 74 valence electrons. The van der Waals surface area contributed by atoms with Crippen molar-refractivity contribution in [3.8, 4) is 0 Å². The van der Waals surface area contributed by atoms with Gasteiger partial charge in [0.2, 0.25) is 5.54 Å². The Morgan fingerprint density at radius 3 is 2.15 bits per heavy atom. The highest BCUT2D eigenvalue weighted by molar-refractivity contribution is 6.03. The van der Waals surface area contributed by atoms with Crippen LogP contribution in [0.25, 0.3) is 0 Å². The van der Waals surface area contributed by atoms with Crippen LogP contribution >= 0.6 is 0 Å². The molecule has 1 fully saturated rings. The van der Waals surface area contributed by atoms with E-state index >= 15 is 0 Å². The molecule has 13 heavy (non-hydrogen) atoms. The van der Waals surface area contributed by atoms with Crippen LogP contribution in [0.15, 0.2) is 0 Å². The molecule has 0 amide bonds. The van der Waals surface area contributed by atoms with E-state index in [1.807, 2.05) is 0 Å². The summed E-state index contributed by atoms with van der Waals surface area (Å²) in [6.07, 6.45) is 0.359. The van der Waals surface area contributed by atoms with E-state index in [4.69, 9.17) is 15.3 Å². The third-order valence-electron chi connectivity index (χ3n) is 2.27. The van der Waals surface area contributed by atoms with E-state index in [2.05, 4.69) is 5.32 Å². The van der Waals surface area contributed by atoms with E-state index in [9.17, 15) is 9.59 Å². The standard InChI is InChI=1S/C7H11NO5/c9-3-4-1-2-7(8-4,5(10)11)6(12)13/h4,8-9H,1-3H2,(H,10,11)(H,12,13)/t4-/m0/s1. The maximum atomic E-state index is 10.7. The predicted molar refractivity (Wildman–Crippen MR) is 41.2 cm³/mol. The average molecular weight is 189 g/mol. The average Bonchev–Trinajstić information content (AvgIpc) is 2.48. The minimum Gasteiger partial charge on any atom is -0.479 e. The summed E-state index contributed by atoms with van der Waals surface area (Å²) in [5.41, 5.74) is -1.91. The zero-order valence-corrected chi connectivity index (χ0v) is 6.86. The number of rotatable bonds is 3. The lowest BCUT2D eigenvalue weighted by atomic mass is 9.98. The Balaban J connectivity index is 2.84. The first kappa shape index (κ1) is 9.94. The van der Waals surface area contributed by atoms with E-state index in [1.54, 1.807) is 0 Å². The summed E-state index contributed by atoms with van der Waals surface area (Å²) in [7, 11) is 0. The van der Waals surface area contributed by atoms with Gasteiger partial charge >= 0.3 is 11.9 Å². The van der Waals surface area contributed by atoms with Gasteiger partial charge in [0, 0.05) is 6.04 Å². The first-order valence-electron chi connectivity index (χ1n) is 3.88. The first-order valence-corrected chi connectivity index (χ1v) is 3.88. The number of carbonyl (C=O) groups is 2. The van der Waals surface area contributed by atoms with Gasteiger partial charge in [-0.3, -0.25) is 5.32 Å². The van der Waals surface area contributed by atoms with Crippen molar-refractivity contribution < 1.29 is 24.9 Å². The third kappa shape index (κ3) is 1.50. The molecule has 4 N–H and O–H groups in total. The topological polar surface area (TPSA) is 107 Å². The van der Waals surface area contributed by atoms with Gasteiger partial charge in [-0.2, -0.15) is 0 Å². The van der Waals surface area contributed by atoms with Crippen molar-refractivity contribution in [2.75, 3.05) is 6.61 Å². The maximum Gasteiger partial charge on any atom is 0.335 e. The van der Waals surface area contributed by atoms with Gasteiger partial charge in [0.25, 0.3) is 0 Å². The van der Waals surface area contributed by atoms with Crippen LogP contribution in [0.4, 0.5) is 0 Å². The Bertz CT molecular complexity index is 225. The lowest BCUT2D eigenvalue weighted by Crippen LogP contribution is -2.56. The van der Waals surface area contributed by atoms with Crippen molar-refractivity contribution in [3.63, 3.8) is 0 Å². The Morgan fingerprint density at radius 1 is 1.38 bits per heavy atom. The summed E-state index contributed by atoms with van der Waals surface area (Å²) in [6.45, 7) is -0.248. The second kappa shape index (κ2) is 3.31. The Kier molecular flexibility index (Phi) is 2.53. The Labute approximate surface area is 74.2 Å². The molecule has 0 radical (unpaired) electrons. The van der Waals surface area contributed by atoms with Crippen molar-refractivity contribution in [3.05, 3.63) is 0 Å². The minimum absolute atomic E-state index is 0.00287. The van der Waals surface area contributed by atoms with Gasteiger partial charge in [-0.15, -0.1) is 0 Å². The maximum absolute atomic E-state index is 10.7. The monoisotopic (exact) mass is 189 g/mol. The van der Waals surface area contributed by atoms with E-state index < -0.39 is 23.5 Å². The first-order chi connectivity index (χ1) is 6.03. The molecule has 0 aromatic rings. The molecule has 0 saturated carbocycles. The Hall–Kier alpha value is -1.14. The van der Waals surface area contributed by atoms with Crippen LogP contribution in [0.3, 0.4) is 0 Å². The van der Waals surface area contributed by atoms with Gasteiger partial charge in [-0.25, -0.2) is 9.59 Å². The quantitative estimate of drug-likeness (QED) is 0.408. The molecule has 0 aromatic heterocycles.